The van der Waals surface area contributed by atoms with Crippen LogP contribution in [0, 0.1) is 5.92 Å². The Labute approximate surface area is 117 Å². The van der Waals surface area contributed by atoms with Gasteiger partial charge in [-0.15, -0.1) is 0 Å². The molecule has 106 valence electrons. The molecular formula is C16H27N3. The summed E-state index contributed by atoms with van der Waals surface area (Å²) >= 11 is 0. The first-order chi connectivity index (χ1) is 9.08. The summed E-state index contributed by atoms with van der Waals surface area (Å²) in [5.41, 5.74) is 7.00. The van der Waals surface area contributed by atoms with Gasteiger partial charge in [0.05, 0.1) is 0 Å². The van der Waals surface area contributed by atoms with Crippen LogP contribution in [-0.2, 0) is 0 Å². The van der Waals surface area contributed by atoms with Crippen LogP contribution in [0.15, 0.2) is 18.3 Å². The van der Waals surface area contributed by atoms with Gasteiger partial charge in [0.2, 0.25) is 0 Å². The summed E-state index contributed by atoms with van der Waals surface area (Å²) in [6.07, 6.45) is 7.27. The maximum atomic E-state index is 5.89. The van der Waals surface area contributed by atoms with Crippen molar-refractivity contribution < 1.29 is 0 Å². The van der Waals surface area contributed by atoms with E-state index in [0.29, 0.717) is 12.0 Å². The number of rotatable bonds is 5. The topological polar surface area (TPSA) is 42.1 Å². The maximum absolute atomic E-state index is 5.89. The lowest BCUT2D eigenvalue weighted by molar-refractivity contribution is 0.531. The smallest absolute Gasteiger partial charge is 0.128 e. The Balaban J connectivity index is 2.16. The molecule has 3 heteroatoms. The predicted octanol–water partition coefficient (Wildman–Crippen LogP) is 3.51. The Kier molecular flexibility index (Phi) is 4.81. The molecule has 0 saturated heterocycles. The molecule has 0 aliphatic heterocycles. The Hall–Kier alpha value is -1.09. The van der Waals surface area contributed by atoms with Gasteiger partial charge in [-0.3, -0.25) is 0 Å². The van der Waals surface area contributed by atoms with Crippen LogP contribution in [0.2, 0.25) is 0 Å². The van der Waals surface area contributed by atoms with E-state index in [4.69, 9.17) is 5.73 Å². The molecule has 3 nitrogen and oxygen atoms in total. The third kappa shape index (κ3) is 3.69. The molecule has 2 N–H and O–H groups in total. The number of pyridine rings is 1. The second kappa shape index (κ2) is 6.38. The monoisotopic (exact) mass is 261 g/mol. The summed E-state index contributed by atoms with van der Waals surface area (Å²) in [4.78, 5) is 7.15. The van der Waals surface area contributed by atoms with Crippen molar-refractivity contribution in [1.82, 2.24) is 4.98 Å². The Morgan fingerprint density at radius 3 is 2.42 bits per heavy atom. The van der Waals surface area contributed by atoms with Gasteiger partial charge in [-0.05, 0) is 37.3 Å². The molecule has 0 spiro atoms. The zero-order valence-corrected chi connectivity index (χ0v) is 12.5. The minimum Gasteiger partial charge on any atom is -0.353 e. The van der Waals surface area contributed by atoms with Crippen LogP contribution in [0.5, 0.6) is 0 Å². The van der Waals surface area contributed by atoms with Crippen molar-refractivity contribution >= 4 is 5.82 Å². The Bertz CT molecular complexity index is 377. The van der Waals surface area contributed by atoms with Gasteiger partial charge in [0.15, 0.2) is 0 Å². The average Bonchev–Trinajstić information content (AvgIpc) is 2.89. The van der Waals surface area contributed by atoms with Gasteiger partial charge in [-0.2, -0.15) is 0 Å². The molecular weight excluding hydrogens is 234 g/mol. The average molecular weight is 261 g/mol. The molecule has 1 saturated carbocycles. The van der Waals surface area contributed by atoms with Crippen LogP contribution in [0.25, 0.3) is 0 Å². The fourth-order valence-electron chi connectivity index (χ4n) is 2.88. The Morgan fingerprint density at radius 2 is 1.95 bits per heavy atom. The van der Waals surface area contributed by atoms with Crippen molar-refractivity contribution in [3.8, 4) is 0 Å². The largest absolute Gasteiger partial charge is 0.353 e. The first-order valence-electron chi connectivity index (χ1n) is 7.56. The van der Waals surface area contributed by atoms with Crippen molar-refractivity contribution in [2.45, 2.75) is 58.5 Å². The summed E-state index contributed by atoms with van der Waals surface area (Å²) in [7, 11) is 0. The van der Waals surface area contributed by atoms with E-state index in [9.17, 15) is 0 Å². The van der Waals surface area contributed by atoms with E-state index in [1.807, 2.05) is 13.1 Å². The van der Waals surface area contributed by atoms with Gasteiger partial charge in [0, 0.05) is 24.8 Å². The van der Waals surface area contributed by atoms with E-state index >= 15 is 0 Å². The van der Waals surface area contributed by atoms with Crippen LogP contribution in [0.4, 0.5) is 5.82 Å². The number of aromatic nitrogens is 1. The van der Waals surface area contributed by atoms with Crippen LogP contribution >= 0.6 is 0 Å². The molecule has 0 amide bonds. The molecule has 1 fully saturated rings. The van der Waals surface area contributed by atoms with Crippen molar-refractivity contribution in [3.63, 3.8) is 0 Å². The first-order valence-corrected chi connectivity index (χ1v) is 7.56. The van der Waals surface area contributed by atoms with Crippen LogP contribution in [-0.4, -0.2) is 17.6 Å². The highest BCUT2D eigenvalue weighted by Gasteiger charge is 2.24. The fourth-order valence-corrected chi connectivity index (χ4v) is 2.88. The van der Waals surface area contributed by atoms with Gasteiger partial charge < -0.3 is 10.6 Å². The normalized spacial score (nSPS) is 17.9. The van der Waals surface area contributed by atoms with E-state index in [2.05, 4.69) is 35.9 Å². The minimum absolute atomic E-state index is 0.0616. The quantitative estimate of drug-likeness (QED) is 0.882. The molecule has 2 rings (SSSR count). The van der Waals surface area contributed by atoms with Crippen molar-refractivity contribution in [2.75, 3.05) is 11.4 Å². The summed E-state index contributed by atoms with van der Waals surface area (Å²) in [5.74, 6) is 1.78. The number of anilines is 1. The lowest BCUT2D eigenvalue weighted by atomic mass is 10.1. The highest BCUT2D eigenvalue weighted by atomic mass is 15.2. The molecule has 0 aromatic carbocycles. The second-order valence-electron chi connectivity index (χ2n) is 6.22. The van der Waals surface area contributed by atoms with Gasteiger partial charge in [0.25, 0.3) is 0 Å². The molecule has 0 radical (unpaired) electrons. The summed E-state index contributed by atoms with van der Waals surface area (Å²) in [6.45, 7) is 7.64. The van der Waals surface area contributed by atoms with Gasteiger partial charge in [-0.25, -0.2) is 4.98 Å². The highest BCUT2D eigenvalue weighted by Crippen LogP contribution is 2.28. The SMILES string of the molecule is CC(C)CN(c1ccc(C(C)N)cn1)C1CCCC1. The summed E-state index contributed by atoms with van der Waals surface area (Å²) < 4.78 is 0. The second-order valence-corrected chi connectivity index (χ2v) is 6.22. The van der Waals surface area contributed by atoms with Crippen molar-refractivity contribution in [1.29, 1.82) is 0 Å². The summed E-state index contributed by atoms with van der Waals surface area (Å²) in [6, 6.07) is 5.00. The molecule has 1 aliphatic rings. The van der Waals surface area contributed by atoms with E-state index in [1.165, 1.54) is 25.7 Å². The number of nitrogens with two attached hydrogens (primary N) is 1. The molecule has 1 aromatic heterocycles. The standard InChI is InChI=1S/C16H27N3/c1-12(2)11-19(15-6-4-5-7-15)16-9-8-14(10-18-16)13(3)17/h8-10,12-13,15H,4-7,11,17H2,1-3H3. The lowest BCUT2D eigenvalue weighted by Gasteiger charge is -2.31. The molecule has 1 heterocycles. The van der Waals surface area contributed by atoms with E-state index < -0.39 is 0 Å². The third-order valence-corrected chi connectivity index (χ3v) is 3.92. The highest BCUT2D eigenvalue weighted by molar-refractivity contribution is 5.41. The fraction of sp³-hybridized carbons (Fsp3) is 0.688. The minimum atomic E-state index is 0.0616. The van der Waals surface area contributed by atoms with Crippen molar-refractivity contribution in [3.05, 3.63) is 23.9 Å². The zero-order chi connectivity index (χ0) is 13.8. The van der Waals surface area contributed by atoms with Gasteiger partial charge >= 0.3 is 0 Å². The van der Waals surface area contributed by atoms with Gasteiger partial charge in [-0.1, -0.05) is 32.8 Å². The van der Waals surface area contributed by atoms with Crippen LogP contribution in [0.3, 0.4) is 0 Å². The zero-order valence-electron chi connectivity index (χ0n) is 12.5. The number of hydrogen-bond donors (Lipinski definition) is 1. The molecule has 1 atom stereocenters. The molecule has 1 aliphatic carbocycles. The number of hydrogen-bond acceptors (Lipinski definition) is 3. The number of nitrogens with zero attached hydrogens (tertiary/aromatic N) is 2. The predicted molar refractivity (Wildman–Crippen MR) is 81.3 cm³/mol. The summed E-state index contributed by atoms with van der Waals surface area (Å²) in [5, 5.41) is 0. The molecule has 19 heavy (non-hydrogen) atoms. The lowest BCUT2D eigenvalue weighted by Crippen LogP contribution is -2.36. The van der Waals surface area contributed by atoms with E-state index in [-0.39, 0.29) is 6.04 Å². The molecule has 1 unspecified atom stereocenters. The van der Waals surface area contributed by atoms with Gasteiger partial charge in [0.1, 0.15) is 5.82 Å². The Morgan fingerprint density at radius 1 is 1.26 bits per heavy atom. The van der Waals surface area contributed by atoms with Crippen LogP contribution in [0.1, 0.15) is 58.1 Å². The van der Waals surface area contributed by atoms with E-state index in [0.717, 1.165) is 17.9 Å². The first kappa shape index (κ1) is 14.3. The molecule has 1 aromatic rings. The van der Waals surface area contributed by atoms with E-state index in [1.54, 1.807) is 0 Å². The third-order valence-electron chi connectivity index (χ3n) is 3.92. The maximum Gasteiger partial charge on any atom is 0.128 e. The van der Waals surface area contributed by atoms with Crippen LogP contribution < -0.4 is 10.6 Å². The molecule has 0 bridgehead atoms. The van der Waals surface area contributed by atoms with Crippen molar-refractivity contribution in [2.24, 2.45) is 11.7 Å².